The van der Waals surface area contributed by atoms with Crippen molar-refractivity contribution < 1.29 is 14.5 Å². The van der Waals surface area contributed by atoms with Crippen LogP contribution in [0.5, 0.6) is 0 Å². The average Bonchev–Trinajstić information content (AvgIpc) is 2.16. The second kappa shape index (κ2) is 8.20. The molecule has 1 atom stereocenters. The fourth-order valence-electron chi connectivity index (χ4n) is 1.36. The van der Waals surface area contributed by atoms with Crippen LogP contribution in [0.2, 0.25) is 0 Å². The summed E-state index contributed by atoms with van der Waals surface area (Å²) < 4.78 is 4.79. The molecule has 0 saturated carbocycles. The first-order valence-electron chi connectivity index (χ1n) is 5.40. The zero-order chi connectivity index (χ0) is 11.7. The molecular weight excluding hydrogens is 198 g/mol. The van der Waals surface area contributed by atoms with Gasteiger partial charge in [0.05, 0.1) is 6.61 Å². The van der Waals surface area contributed by atoms with Crippen molar-refractivity contribution in [2.45, 2.75) is 39.5 Å². The number of unbranched alkanes of at least 4 members (excludes halogenated alkanes) is 2. The minimum Gasteiger partial charge on any atom is -0.466 e. The molecule has 0 spiro atoms. The van der Waals surface area contributed by atoms with Crippen molar-refractivity contribution in [2.24, 2.45) is 5.92 Å². The highest BCUT2D eigenvalue weighted by Gasteiger charge is 2.24. The number of rotatable bonds is 8. The molecule has 0 aliphatic heterocycles. The molecule has 0 heterocycles. The molecule has 0 rings (SSSR count). The van der Waals surface area contributed by atoms with Crippen molar-refractivity contribution in [3.8, 4) is 0 Å². The van der Waals surface area contributed by atoms with E-state index in [0.717, 1.165) is 19.3 Å². The molecule has 15 heavy (non-hydrogen) atoms. The van der Waals surface area contributed by atoms with Gasteiger partial charge in [0.25, 0.3) is 0 Å². The Morgan fingerprint density at radius 1 is 1.40 bits per heavy atom. The summed E-state index contributed by atoms with van der Waals surface area (Å²) >= 11 is 0. The first-order chi connectivity index (χ1) is 7.11. The number of ether oxygens (including phenoxy) is 1. The van der Waals surface area contributed by atoms with E-state index in [1.165, 1.54) is 0 Å². The molecule has 0 unspecified atom stereocenters. The van der Waals surface area contributed by atoms with Gasteiger partial charge in [-0.1, -0.05) is 26.2 Å². The van der Waals surface area contributed by atoms with Gasteiger partial charge in [0.1, 0.15) is 5.92 Å². The molecule has 88 valence electrons. The van der Waals surface area contributed by atoms with E-state index in [9.17, 15) is 14.9 Å². The molecule has 5 heteroatoms. The zero-order valence-electron chi connectivity index (χ0n) is 9.40. The Bertz CT molecular complexity index is 206. The minimum atomic E-state index is -0.577. The van der Waals surface area contributed by atoms with Crippen LogP contribution in [0, 0.1) is 16.0 Å². The number of nitro groups is 1. The van der Waals surface area contributed by atoms with Crippen LogP contribution in [-0.2, 0) is 9.53 Å². The first kappa shape index (κ1) is 13.9. The highest BCUT2D eigenvalue weighted by atomic mass is 16.6. The second-order valence-electron chi connectivity index (χ2n) is 3.46. The number of carbonyl (C=O) groups excluding carboxylic acids is 1. The van der Waals surface area contributed by atoms with Crippen molar-refractivity contribution in [1.29, 1.82) is 0 Å². The topological polar surface area (TPSA) is 69.4 Å². The predicted octanol–water partition coefficient (Wildman–Crippen LogP) is 2.02. The third kappa shape index (κ3) is 6.88. The Morgan fingerprint density at radius 2 is 2.07 bits per heavy atom. The number of nitrogens with zero attached hydrogens (tertiary/aromatic N) is 1. The van der Waals surface area contributed by atoms with Crippen molar-refractivity contribution in [3.63, 3.8) is 0 Å². The van der Waals surface area contributed by atoms with Crippen molar-refractivity contribution in [3.05, 3.63) is 10.1 Å². The maximum atomic E-state index is 11.3. The van der Waals surface area contributed by atoms with Gasteiger partial charge in [0.15, 0.2) is 0 Å². The van der Waals surface area contributed by atoms with E-state index in [2.05, 4.69) is 0 Å². The lowest BCUT2D eigenvalue weighted by molar-refractivity contribution is -0.486. The summed E-state index contributed by atoms with van der Waals surface area (Å²) in [5, 5.41) is 10.3. The fourth-order valence-corrected chi connectivity index (χ4v) is 1.36. The molecule has 0 aromatic carbocycles. The summed E-state index contributed by atoms with van der Waals surface area (Å²) in [7, 11) is 0. The molecule has 0 fully saturated rings. The molecule has 0 aromatic rings. The van der Waals surface area contributed by atoms with E-state index in [1.807, 2.05) is 6.92 Å². The van der Waals surface area contributed by atoms with Crippen molar-refractivity contribution in [1.82, 2.24) is 0 Å². The van der Waals surface area contributed by atoms with Crippen LogP contribution in [0.25, 0.3) is 0 Å². The maximum Gasteiger partial charge on any atom is 0.315 e. The molecular formula is C10H19NO4. The van der Waals surface area contributed by atoms with E-state index in [-0.39, 0.29) is 13.2 Å². The predicted molar refractivity (Wildman–Crippen MR) is 56.1 cm³/mol. The average molecular weight is 217 g/mol. The highest BCUT2D eigenvalue weighted by Crippen LogP contribution is 2.12. The van der Waals surface area contributed by atoms with Gasteiger partial charge in [-0.15, -0.1) is 0 Å². The number of hydrogen-bond donors (Lipinski definition) is 0. The third-order valence-corrected chi connectivity index (χ3v) is 2.15. The third-order valence-electron chi connectivity index (χ3n) is 2.15. The molecule has 0 N–H and O–H groups in total. The van der Waals surface area contributed by atoms with Crippen LogP contribution < -0.4 is 0 Å². The molecule has 0 radical (unpaired) electrons. The van der Waals surface area contributed by atoms with E-state index < -0.39 is 16.8 Å². The number of carbonyl (C=O) groups is 1. The Morgan fingerprint density at radius 3 is 2.53 bits per heavy atom. The smallest absolute Gasteiger partial charge is 0.315 e. The summed E-state index contributed by atoms with van der Waals surface area (Å²) in [5.41, 5.74) is 0. The quantitative estimate of drug-likeness (QED) is 0.270. The van der Waals surface area contributed by atoms with Gasteiger partial charge in [-0.2, -0.15) is 0 Å². The first-order valence-corrected chi connectivity index (χ1v) is 5.40. The van der Waals surface area contributed by atoms with Gasteiger partial charge < -0.3 is 4.74 Å². The van der Waals surface area contributed by atoms with E-state index in [0.29, 0.717) is 6.42 Å². The van der Waals surface area contributed by atoms with Gasteiger partial charge >= 0.3 is 5.97 Å². The van der Waals surface area contributed by atoms with Crippen molar-refractivity contribution in [2.75, 3.05) is 13.2 Å². The largest absolute Gasteiger partial charge is 0.466 e. The molecule has 0 saturated heterocycles. The van der Waals surface area contributed by atoms with Crippen LogP contribution in [-0.4, -0.2) is 24.0 Å². The van der Waals surface area contributed by atoms with E-state index in [1.54, 1.807) is 6.92 Å². The molecule has 5 nitrogen and oxygen atoms in total. The van der Waals surface area contributed by atoms with Gasteiger partial charge in [0.2, 0.25) is 6.54 Å². The van der Waals surface area contributed by atoms with Gasteiger partial charge in [0, 0.05) is 4.92 Å². The molecule has 0 aliphatic carbocycles. The van der Waals surface area contributed by atoms with Crippen LogP contribution >= 0.6 is 0 Å². The lowest BCUT2D eigenvalue weighted by atomic mass is 10.0. The van der Waals surface area contributed by atoms with Gasteiger partial charge in [-0.05, 0) is 13.3 Å². The normalized spacial score (nSPS) is 12.1. The highest BCUT2D eigenvalue weighted by molar-refractivity contribution is 5.72. The monoisotopic (exact) mass is 217 g/mol. The summed E-state index contributed by atoms with van der Waals surface area (Å²) in [4.78, 5) is 21.2. The Labute approximate surface area is 90.0 Å². The molecule has 0 amide bonds. The molecule has 0 aliphatic rings. The Balaban J connectivity index is 4.05. The minimum absolute atomic E-state index is 0.279. The molecule has 0 aromatic heterocycles. The lowest BCUT2D eigenvalue weighted by Gasteiger charge is -2.10. The lowest BCUT2D eigenvalue weighted by Crippen LogP contribution is -2.25. The summed E-state index contributed by atoms with van der Waals surface area (Å²) in [6, 6.07) is 0. The van der Waals surface area contributed by atoms with Crippen LogP contribution in [0.3, 0.4) is 0 Å². The summed E-state index contributed by atoms with van der Waals surface area (Å²) in [6.07, 6.45) is 3.42. The van der Waals surface area contributed by atoms with Crippen LogP contribution in [0.4, 0.5) is 0 Å². The maximum absolute atomic E-state index is 11.3. The SMILES string of the molecule is CCCCC[C@H](C[N+](=O)[O-])C(=O)OCC. The number of hydrogen-bond acceptors (Lipinski definition) is 4. The standard InChI is InChI=1S/C10H19NO4/c1-3-5-6-7-9(8-11(13)14)10(12)15-4-2/h9H,3-8H2,1-2H3/t9-/m1/s1. The summed E-state index contributed by atoms with van der Waals surface area (Å²) in [5.74, 6) is -1.02. The van der Waals surface area contributed by atoms with Gasteiger partial charge in [-0.25, -0.2) is 0 Å². The number of esters is 1. The van der Waals surface area contributed by atoms with E-state index >= 15 is 0 Å². The zero-order valence-corrected chi connectivity index (χ0v) is 9.40. The Hall–Kier alpha value is -1.13. The summed E-state index contributed by atoms with van der Waals surface area (Å²) in [6.45, 7) is 3.71. The fraction of sp³-hybridized carbons (Fsp3) is 0.900. The second-order valence-corrected chi connectivity index (χ2v) is 3.46. The van der Waals surface area contributed by atoms with Crippen molar-refractivity contribution >= 4 is 5.97 Å². The van der Waals surface area contributed by atoms with E-state index in [4.69, 9.17) is 4.74 Å². The van der Waals surface area contributed by atoms with Gasteiger partial charge in [-0.3, -0.25) is 14.9 Å². The Kier molecular flexibility index (Phi) is 7.58. The van der Waals surface area contributed by atoms with Crippen LogP contribution in [0.1, 0.15) is 39.5 Å². The van der Waals surface area contributed by atoms with Crippen LogP contribution in [0.15, 0.2) is 0 Å². The molecule has 0 bridgehead atoms.